The number of benzene rings is 8. The van der Waals surface area contributed by atoms with E-state index in [0.29, 0.717) is 0 Å². The molecule has 8 aromatic carbocycles. The zero-order valence-corrected chi connectivity index (χ0v) is 32.1. The van der Waals surface area contributed by atoms with E-state index in [1.807, 2.05) is 12.4 Å². The van der Waals surface area contributed by atoms with E-state index in [4.69, 9.17) is 0 Å². The molecule has 3 unspecified atom stereocenters. The van der Waals surface area contributed by atoms with Crippen LogP contribution in [-0.4, -0.2) is 16.9 Å². The molecule has 2 aliphatic heterocycles. The van der Waals surface area contributed by atoms with Crippen LogP contribution in [0, 0.1) is 0 Å². The molecule has 11 rings (SSSR count). The molecule has 6 heteroatoms. The molecular weight excluding hydrogens is 709 g/mol. The SMILES string of the molecule is CN1C(c2ccccc2)NC(c2ccc(-c3ccc(C4Nc5c(c6cnccc6c6ccccc56)N4c4cccc5ccccc45)cc3)cc2)NC1c1ccccc1. The molecule has 0 spiro atoms. The maximum absolute atomic E-state index is 4.64. The molecule has 9 aromatic rings. The Hall–Kier alpha value is -6.83. The Balaban J connectivity index is 0.940. The highest BCUT2D eigenvalue weighted by Gasteiger charge is 2.36. The predicted molar refractivity (Wildman–Crippen MR) is 239 cm³/mol. The summed E-state index contributed by atoms with van der Waals surface area (Å²) in [6, 6.07) is 65.7. The Morgan fingerprint density at radius 2 is 0.983 bits per heavy atom. The smallest absolute Gasteiger partial charge is 0.130 e. The second-order valence-corrected chi connectivity index (χ2v) is 15.4. The number of fused-ring (bicyclic) bond motifs is 7. The zero-order chi connectivity index (χ0) is 38.6. The third-order valence-electron chi connectivity index (χ3n) is 12.1. The Kier molecular flexibility index (Phi) is 8.47. The first-order valence-corrected chi connectivity index (χ1v) is 20.1. The third-order valence-corrected chi connectivity index (χ3v) is 12.1. The Labute approximate surface area is 338 Å². The molecule has 1 saturated heterocycles. The Bertz CT molecular complexity index is 2860. The fourth-order valence-corrected chi connectivity index (χ4v) is 9.25. The molecule has 58 heavy (non-hydrogen) atoms. The lowest BCUT2D eigenvalue weighted by molar-refractivity contribution is 0.0416. The molecule has 0 bridgehead atoms. The zero-order valence-electron chi connectivity index (χ0n) is 32.1. The molecule has 280 valence electrons. The maximum atomic E-state index is 4.64. The van der Waals surface area contributed by atoms with E-state index >= 15 is 0 Å². The van der Waals surface area contributed by atoms with Gasteiger partial charge in [0, 0.05) is 28.6 Å². The largest absolute Gasteiger partial charge is 0.359 e. The summed E-state index contributed by atoms with van der Waals surface area (Å²) >= 11 is 0. The number of pyridine rings is 1. The summed E-state index contributed by atoms with van der Waals surface area (Å²) in [5.41, 5.74) is 10.7. The second-order valence-electron chi connectivity index (χ2n) is 15.4. The molecule has 1 aromatic heterocycles. The predicted octanol–water partition coefficient (Wildman–Crippen LogP) is 12.0. The summed E-state index contributed by atoms with van der Waals surface area (Å²) in [5, 5.41) is 19.0. The summed E-state index contributed by atoms with van der Waals surface area (Å²) in [5.74, 6) is 0. The van der Waals surface area contributed by atoms with Crippen LogP contribution in [0.2, 0.25) is 0 Å². The fourth-order valence-electron chi connectivity index (χ4n) is 9.25. The number of hydrogen-bond acceptors (Lipinski definition) is 6. The summed E-state index contributed by atoms with van der Waals surface area (Å²) < 4.78 is 0. The van der Waals surface area contributed by atoms with Gasteiger partial charge in [-0.1, -0.05) is 170 Å². The van der Waals surface area contributed by atoms with Gasteiger partial charge >= 0.3 is 0 Å². The van der Waals surface area contributed by atoms with Crippen molar-refractivity contribution in [3.8, 4) is 11.1 Å². The van der Waals surface area contributed by atoms with Crippen molar-refractivity contribution in [3.63, 3.8) is 0 Å². The van der Waals surface area contributed by atoms with Gasteiger partial charge in [-0.3, -0.25) is 20.5 Å². The summed E-state index contributed by atoms with van der Waals surface area (Å²) in [6.07, 6.45) is 3.83. The van der Waals surface area contributed by atoms with E-state index in [2.05, 4.69) is 220 Å². The Morgan fingerprint density at radius 1 is 0.448 bits per heavy atom. The highest BCUT2D eigenvalue weighted by molar-refractivity contribution is 6.22. The summed E-state index contributed by atoms with van der Waals surface area (Å²) in [4.78, 5) is 9.50. The Morgan fingerprint density at radius 3 is 1.66 bits per heavy atom. The summed E-state index contributed by atoms with van der Waals surface area (Å²) in [7, 11) is 2.18. The van der Waals surface area contributed by atoms with Crippen LogP contribution in [0.4, 0.5) is 17.1 Å². The first-order valence-electron chi connectivity index (χ1n) is 20.1. The lowest BCUT2D eigenvalue weighted by Crippen LogP contribution is -2.54. The molecule has 1 fully saturated rings. The second kappa shape index (κ2) is 14.3. The standard InChI is InChI=1S/C52H42N6/c1-57-50(38-14-4-2-5-15-38)55-49(56-51(57)39-16-6-3-7-17-39)37-27-23-34(24-28-37)35-25-29-40(30-26-35)52-54-47-44-21-11-10-20-42(44)43-31-32-53-33-45(43)48(47)58(52)46-22-12-18-36-13-8-9-19-41(36)46/h2-33,49-52,54-56H,1H3. The minimum absolute atomic E-state index is 0.0412. The van der Waals surface area contributed by atoms with Crippen molar-refractivity contribution < 1.29 is 0 Å². The average molecular weight is 751 g/mol. The fraction of sp³-hybridized carbons (Fsp3) is 0.0962. The monoisotopic (exact) mass is 750 g/mol. The maximum Gasteiger partial charge on any atom is 0.130 e. The van der Waals surface area contributed by atoms with Crippen molar-refractivity contribution in [2.75, 3.05) is 17.3 Å². The lowest BCUT2D eigenvalue weighted by atomic mass is 9.98. The van der Waals surface area contributed by atoms with Gasteiger partial charge in [-0.25, -0.2) is 0 Å². The molecule has 3 heterocycles. The average Bonchev–Trinajstić information content (AvgIpc) is 3.71. The van der Waals surface area contributed by atoms with Gasteiger partial charge in [-0.15, -0.1) is 0 Å². The molecule has 3 N–H and O–H groups in total. The van der Waals surface area contributed by atoms with Crippen molar-refractivity contribution >= 4 is 49.4 Å². The van der Waals surface area contributed by atoms with Crippen molar-refractivity contribution in [2.24, 2.45) is 0 Å². The van der Waals surface area contributed by atoms with Gasteiger partial charge in [0.2, 0.25) is 0 Å². The van der Waals surface area contributed by atoms with Gasteiger partial charge in [0.25, 0.3) is 0 Å². The molecule has 0 radical (unpaired) electrons. The van der Waals surface area contributed by atoms with Gasteiger partial charge < -0.3 is 10.2 Å². The van der Waals surface area contributed by atoms with Crippen LogP contribution in [-0.2, 0) is 0 Å². The minimum atomic E-state index is -0.136. The normalized spacial score (nSPS) is 19.4. The molecule has 0 aliphatic carbocycles. The van der Waals surface area contributed by atoms with Gasteiger partial charge in [0.1, 0.15) is 6.17 Å². The molecule has 0 saturated carbocycles. The van der Waals surface area contributed by atoms with E-state index in [1.165, 1.54) is 60.3 Å². The van der Waals surface area contributed by atoms with Gasteiger partial charge in [-0.05, 0) is 68.7 Å². The molecular formula is C52H42N6. The lowest BCUT2D eigenvalue weighted by Gasteiger charge is -2.45. The van der Waals surface area contributed by atoms with E-state index in [0.717, 1.165) is 22.4 Å². The highest BCUT2D eigenvalue weighted by atomic mass is 15.4. The van der Waals surface area contributed by atoms with E-state index in [9.17, 15) is 0 Å². The van der Waals surface area contributed by atoms with Gasteiger partial charge in [0.05, 0.1) is 35.6 Å². The summed E-state index contributed by atoms with van der Waals surface area (Å²) in [6.45, 7) is 0. The number of nitrogens with one attached hydrogen (secondary N) is 3. The minimum Gasteiger partial charge on any atom is -0.359 e. The van der Waals surface area contributed by atoms with Crippen LogP contribution >= 0.6 is 0 Å². The molecule has 2 aliphatic rings. The van der Waals surface area contributed by atoms with Crippen LogP contribution in [0.3, 0.4) is 0 Å². The van der Waals surface area contributed by atoms with Crippen molar-refractivity contribution in [3.05, 3.63) is 217 Å². The topological polar surface area (TPSA) is 55.5 Å². The van der Waals surface area contributed by atoms with Crippen molar-refractivity contribution in [1.29, 1.82) is 0 Å². The number of anilines is 3. The molecule has 6 nitrogen and oxygen atoms in total. The van der Waals surface area contributed by atoms with Gasteiger partial charge in [-0.2, -0.15) is 0 Å². The van der Waals surface area contributed by atoms with Crippen molar-refractivity contribution in [2.45, 2.75) is 24.7 Å². The first kappa shape index (κ1) is 34.4. The van der Waals surface area contributed by atoms with E-state index in [1.54, 1.807) is 0 Å². The van der Waals surface area contributed by atoms with Gasteiger partial charge in [0.15, 0.2) is 0 Å². The third kappa shape index (κ3) is 5.81. The first-order chi connectivity index (χ1) is 28.7. The van der Waals surface area contributed by atoms with E-state index in [-0.39, 0.29) is 24.7 Å². The van der Waals surface area contributed by atoms with Crippen LogP contribution in [0.15, 0.2) is 194 Å². The number of nitrogens with zero attached hydrogens (tertiary/aromatic N) is 3. The van der Waals surface area contributed by atoms with Crippen molar-refractivity contribution in [1.82, 2.24) is 20.5 Å². The van der Waals surface area contributed by atoms with Crippen LogP contribution in [0.1, 0.15) is 46.9 Å². The van der Waals surface area contributed by atoms with E-state index < -0.39 is 0 Å². The number of hydrogen-bond donors (Lipinski definition) is 3. The number of aromatic nitrogens is 1. The van der Waals surface area contributed by atoms with Crippen LogP contribution in [0.25, 0.3) is 43.4 Å². The molecule has 0 amide bonds. The molecule has 3 atom stereocenters. The number of rotatable bonds is 6. The van der Waals surface area contributed by atoms with Crippen LogP contribution < -0.4 is 20.9 Å². The quantitative estimate of drug-likeness (QED) is 0.147. The van der Waals surface area contributed by atoms with Crippen LogP contribution in [0.5, 0.6) is 0 Å². The highest BCUT2D eigenvalue weighted by Crippen LogP contribution is 2.54.